The lowest BCUT2D eigenvalue weighted by Gasteiger charge is -2.27. The van der Waals surface area contributed by atoms with E-state index in [-0.39, 0.29) is 60.8 Å². The lowest BCUT2D eigenvalue weighted by Crippen LogP contribution is -2.27. The first-order valence-corrected chi connectivity index (χ1v) is 35.5. The second kappa shape index (κ2) is 37.0. The Hall–Kier alpha value is -9.81. The zero-order chi connectivity index (χ0) is 71.0. The molecule has 7 aromatic carbocycles. The van der Waals surface area contributed by atoms with E-state index in [1.807, 2.05) is 72.8 Å². The third-order valence-electron chi connectivity index (χ3n) is 18.4. The summed E-state index contributed by atoms with van der Waals surface area (Å²) in [6, 6.07) is 40.7. The van der Waals surface area contributed by atoms with E-state index in [0.29, 0.717) is 141 Å². The van der Waals surface area contributed by atoms with Crippen LogP contribution < -0.4 is 33.2 Å². The Morgan fingerprint density at radius 2 is 0.851 bits per heavy atom. The summed E-state index contributed by atoms with van der Waals surface area (Å²) in [5.74, 6) is 3.30. The van der Waals surface area contributed by atoms with E-state index in [2.05, 4.69) is 57.0 Å². The Bertz CT molecular complexity index is 4190. The van der Waals surface area contributed by atoms with E-state index in [4.69, 9.17) is 62.1 Å². The number of rotatable bonds is 37. The highest BCUT2D eigenvalue weighted by atomic mass is 16.6. The molecule has 1 unspecified atom stereocenters. The number of benzene rings is 7. The van der Waals surface area contributed by atoms with Crippen molar-refractivity contribution < 1.29 is 76.1 Å². The van der Waals surface area contributed by atoms with Crippen LogP contribution in [0, 0.1) is 29.6 Å². The van der Waals surface area contributed by atoms with Crippen LogP contribution in [0.3, 0.4) is 0 Å². The smallest absolute Gasteiger partial charge is 0.333 e. The Kier molecular flexibility index (Phi) is 27.1. The molecule has 18 nitrogen and oxygen atoms in total. The highest BCUT2D eigenvalue weighted by Gasteiger charge is 2.30. The number of hydrogen-bond donors (Lipinski definition) is 0. The zero-order valence-corrected chi connectivity index (χ0v) is 58.7. The number of esters is 5. The van der Waals surface area contributed by atoms with Crippen molar-refractivity contribution in [1.29, 1.82) is 0 Å². The van der Waals surface area contributed by atoms with Gasteiger partial charge in [-0.05, 0) is 266 Å². The summed E-state index contributed by atoms with van der Waals surface area (Å²) >= 11 is 0. The summed E-state index contributed by atoms with van der Waals surface area (Å²) in [5.41, 5.74) is 5.92. The molecule has 2 aliphatic carbocycles. The second-order valence-corrected chi connectivity index (χ2v) is 26.8. The number of fused-ring (bicyclic) bond motifs is 7. The molecule has 1 atom stereocenters. The van der Waals surface area contributed by atoms with Gasteiger partial charge >= 0.3 is 29.8 Å². The van der Waals surface area contributed by atoms with Gasteiger partial charge < -0.3 is 52.1 Å². The first kappa shape index (κ1) is 73.9. The number of hydrogen-bond acceptors (Lipinski definition) is 18. The molecule has 0 radical (unpaired) electrons. The molecule has 2 fully saturated rings. The number of carbonyl (C=O) groups is 5. The Labute approximate surface area is 591 Å². The lowest BCUT2D eigenvalue weighted by atomic mass is 9.82. The molecule has 2 saturated carbocycles. The topological polar surface area (TPSA) is 213 Å². The minimum Gasteiger partial charge on any atom is -0.494 e. The number of ether oxygens (including phenoxy) is 11. The van der Waals surface area contributed by atoms with Crippen LogP contribution in [0.4, 0.5) is 0 Å². The molecule has 2 aliphatic rings. The van der Waals surface area contributed by atoms with E-state index >= 15 is 0 Å². The second-order valence-electron chi connectivity index (χ2n) is 26.8. The van der Waals surface area contributed by atoms with Crippen LogP contribution in [0.2, 0.25) is 0 Å². The third-order valence-corrected chi connectivity index (χ3v) is 18.4. The predicted molar refractivity (Wildman–Crippen MR) is 390 cm³/mol. The largest absolute Gasteiger partial charge is 0.494 e. The van der Waals surface area contributed by atoms with Crippen molar-refractivity contribution in [3.8, 4) is 51.4 Å². The average Bonchev–Trinajstić information content (AvgIpc) is 0.731. The molecule has 0 bridgehead atoms. The van der Waals surface area contributed by atoms with Crippen molar-refractivity contribution in [1.82, 2.24) is 9.97 Å². The van der Waals surface area contributed by atoms with Crippen LogP contribution in [0.1, 0.15) is 124 Å². The van der Waals surface area contributed by atoms with E-state index < -0.39 is 5.97 Å². The zero-order valence-electron chi connectivity index (χ0n) is 58.7. The minimum atomic E-state index is -0.447. The lowest BCUT2D eigenvalue weighted by molar-refractivity contribution is -0.141. The van der Waals surface area contributed by atoms with Gasteiger partial charge in [0.05, 0.1) is 86.8 Å². The van der Waals surface area contributed by atoms with Gasteiger partial charge in [-0.2, -0.15) is 0 Å². The Morgan fingerprint density at radius 1 is 0.406 bits per heavy atom. The van der Waals surface area contributed by atoms with Crippen LogP contribution in [0.5, 0.6) is 40.2 Å². The molecule has 0 amide bonds. The molecule has 101 heavy (non-hydrogen) atoms. The van der Waals surface area contributed by atoms with Gasteiger partial charge in [-0.3, -0.25) is 9.59 Å². The number of unbranched alkanes of at least 4 members (excludes halogenated alkanes) is 4. The fraction of sp³-hybridized carbons (Fsp3) is 0.410. The number of aromatic nitrogens is 2. The van der Waals surface area contributed by atoms with Gasteiger partial charge in [0, 0.05) is 27.5 Å². The monoisotopic (exact) mass is 1370 g/mol. The molecule has 10 rings (SSSR count). The van der Waals surface area contributed by atoms with Crippen LogP contribution in [0.25, 0.3) is 54.7 Å². The van der Waals surface area contributed by atoms with Gasteiger partial charge in [0.15, 0.2) is 0 Å². The maximum atomic E-state index is 13.4. The van der Waals surface area contributed by atoms with E-state index in [1.54, 1.807) is 45.0 Å². The highest BCUT2D eigenvalue weighted by Crippen LogP contribution is 2.40. The van der Waals surface area contributed by atoms with Gasteiger partial charge in [-0.1, -0.05) is 44.9 Å². The quantitative estimate of drug-likeness (QED) is 0.00673. The van der Waals surface area contributed by atoms with Crippen LogP contribution in [0.15, 0.2) is 164 Å². The van der Waals surface area contributed by atoms with E-state index in [9.17, 15) is 24.0 Å². The third kappa shape index (κ3) is 21.8. The molecule has 0 spiro atoms. The molecule has 0 aliphatic heterocycles. The highest BCUT2D eigenvalue weighted by molar-refractivity contribution is 6.24. The molecule has 0 saturated heterocycles. The maximum Gasteiger partial charge on any atom is 0.333 e. The molecule has 1 aromatic heterocycles. The predicted octanol–water partition coefficient (Wildman–Crippen LogP) is 17.2. The Morgan fingerprint density at radius 3 is 1.40 bits per heavy atom. The van der Waals surface area contributed by atoms with Gasteiger partial charge in [-0.25, -0.2) is 24.4 Å². The summed E-state index contributed by atoms with van der Waals surface area (Å²) in [5, 5.41) is 3.80. The van der Waals surface area contributed by atoms with Crippen molar-refractivity contribution in [3.63, 3.8) is 0 Å². The van der Waals surface area contributed by atoms with Crippen molar-refractivity contribution in [2.75, 3.05) is 66.1 Å². The van der Waals surface area contributed by atoms with Crippen molar-refractivity contribution >= 4 is 73.5 Å². The first-order chi connectivity index (χ1) is 49.0. The van der Waals surface area contributed by atoms with Gasteiger partial charge in [0.25, 0.3) is 0 Å². The molecule has 8 aromatic rings. The SMILES string of the molecule is C=C(C)C(=O)OCCCCCCOc1ccc(OC(=O)C2CCC(COc3ccc4c5ccc(OCC6CCC(C(=O)Oc7ccc(OCC(C)CCCCOC(=O)C(=C)C)cc7)CC6)cc5c5nc6ccc(-c7cccc(OCCOCCOC(=O)C(=C)C)c7)cc6nc5c4c3)CC2)cc1. The fourth-order valence-electron chi connectivity index (χ4n) is 12.5. The van der Waals surface area contributed by atoms with Gasteiger partial charge in [0.2, 0.25) is 0 Å². The normalized spacial score (nSPS) is 16.2. The van der Waals surface area contributed by atoms with Crippen molar-refractivity contribution in [2.24, 2.45) is 29.6 Å². The van der Waals surface area contributed by atoms with Crippen LogP contribution in [-0.4, -0.2) is 106 Å². The average molecular weight is 1380 g/mol. The molecular formula is C83H94N2O16. The van der Waals surface area contributed by atoms with Gasteiger partial charge in [0.1, 0.15) is 53.5 Å². The number of carbonyl (C=O) groups excluding carboxylic acids is 5. The Balaban J connectivity index is 0.754. The first-order valence-electron chi connectivity index (χ1n) is 35.5. The van der Waals surface area contributed by atoms with Crippen LogP contribution >= 0.6 is 0 Å². The molecule has 532 valence electrons. The molecule has 1 heterocycles. The van der Waals surface area contributed by atoms with Crippen molar-refractivity contribution in [2.45, 2.75) is 124 Å². The van der Waals surface area contributed by atoms with Crippen LogP contribution in [-0.2, 0) is 42.9 Å². The maximum absolute atomic E-state index is 13.4. The molecule has 0 N–H and O–H groups in total. The molecular weight excluding hydrogens is 1280 g/mol. The summed E-state index contributed by atoms with van der Waals surface area (Å²) < 4.78 is 64.1. The van der Waals surface area contributed by atoms with E-state index in [1.165, 1.54) is 0 Å². The minimum absolute atomic E-state index is 0.133. The fourth-order valence-corrected chi connectivity index (χ4v) is 12.5. The van der Waals surface area contributed by atoms with E-state index in [0.717, 1.165) is 126 Å². The standard InChI is InChI=1S/C83H94N2O16/c1-54(2)79(86)94-41-12-9-8-11-40-92-64-27-31-66(32-28-64)100-82(89)60-22-18-59(19-23-60)53-99-70-36-38-72-71-37-35-69(98-52-58-20-24-61(25-21-58)83(90)101-67-33-29-65(30-34-67)97-51-57(7)15-10-13-42-95-80(87)55(3)4)49-73(71)77-78(74(72)50-70)85-76-48-63(26-39-75(76)84-77)62-16-14-17-68(47-62)93-45-43-91-44-46-96-81(88)56(5)6/h14,16-17,26-39,47-50,57-61H,1,3,5,8-13,15,18-25,40-46,51-53H2,2,4,6-7H3. The summed E-state index contributed by atoms with van der Waals surface area (Å²) in [4.78, 5) is 72.5. The number of nitrogens with zero attached hydrogens (tertiary/aromatic N) is 2. The van der Waals surface area contributed by atoms with Crippen molar-refractivity contribution in [3.05, 3.63) is 164 Å². The molecule has 18 heteroatoms. The summed E-state index contributed by atoms with van der Waals surface area (Å²) in [7, 11) is 0. The van der Waals surface area contributed by atoms with Gasteiger partial charge in [-0.15, -0.1) is 0 Å². The summed E-state index contributed by atoms with van der Waals surface area (Å²) in [6.45, 7) is 21.7. The summed E-state index contributed by atoms with van der Waals surface area (Å²) in [6.07, 6.45) is 12.3.